The maximum Gasteiger partial charge on any atom is 0.432 e. The van der Waals surface area contributed by atoms with Gasteiger partial charge in [-0.1, -0.05) is 18.2 Å². The average molecular weight is 336 g/mol. The van der Waals surface area contributed by atoms with Gasteiger partial charge in [-0.15, -0.1) is 0 Å². The topological polar surface area (TPSA) is 80.7 Å². The molecule has 0 amide bonds. The molecule has 0 aromatic rings. The summed E-state index contributed by atoms with van der Waals surface area (Å²) in [5.74, 6) is -1.73. The molecule has 1 atom stereocenters. The van der Waals surface area contributed by atoms with Gasteiger partial charge in [-0.3, -0.25) is 4.55 Å². The fourth-order valence-electron chi connectivity index (χ4n) is 1.42. The molecule has 1 unspecified atom stereocenters. The Kier molecular flexibility index (Phi) is 4.78. The first-order valence-corrected chi connectivity index (χ1v) is 6.79. The molecule has 0 saturated heterocycles. The van der Waals surface area contributed by atoms with Crippen LogP contribution in [0.5, 0.6) is 0 Å². The van der Waals surface area contributed by atoms with Crippen LogP contribution in [0.15, 0.2) is 23.8 Å². The van der Waals surface area contributed by atoms with Gasteiger partial charge in [0.1, 0.15) is 0 Å². The molecule has 21 heavy (non-hydrogen) atoms. The Morgan fingerprint density at radius 3 is 2.24 bits per heavy atom. The van der Waals surface area contributed by atoms with Crippen LogP contribution in [-0.4, -0.2) is 36.5 Å². The summed E-state index contributed by atoms with van der Waals surface area (Å²) in [7, 11) is -6.43. The van der Waals surface area contributed by atoms with Crippen molar-refractivity contribution in [3.8, 4) is 0 Å². The first-order chi connectivity index (χ1) is 9.37. The van der Waals surface area contributed by atoms with Crippen LogP contribution < -0.4 is 0 Å². The Hall–Kier alpha value is -1.49. The van der Waals surface area contributed by atoms with Crippen molar-refractivity contribution < 1.29 is 44.5 Å². The van der Waals surface area contributed by atoms with Crippen molar-refractivity contribution in [1.29, 1.82) is 0 Å². The number of ether oxygens (including phenoxy) is 1. The molecule has 0 bridgehead atoms. The maximum absolute atomic E-state index is 13.1. The van der Waals surface area contributed by atoms with Crippen molar-refractivity contribution in [3.05, 3.63) is 23.8 Å². The molecular weight excluding hydrogens is 327 g/mol. The second-order valence-electron chi connectivity index (χ2n) is 4.02. The van der Waals surface area contributed by atoms with E-state index in [-0.39, 0.29) is 18.4 Å². The highest BCUT2D eigenvalue weighted by Gasteiger charge is 2.66. The van der Waals surface area contributed by atoms with Crippen molar-refractivity contribution in [1.82, 2.24) is 0 Å². The molecule has 1 rings (SSSR count). The lowest BCUT2D eigenvalue weighted by Crippen LogP contribution is -2.52. The van der Waals surface area contributed by atoms with E-state index in [1.807, 2.05) is 0 Å². The van der Waals surface area contributed by atoms with Crippen LogP contribution in [0.3, 0.4) is 0 Å². The molecule has 11 heteroatoms. The molecular formula is C10H9F5O5S. The number of hydrogen-bond acceptors (Lipinski definition) is 4. The summed E-state index contributed by atoms with van der Waals surface area (Å²) in [6.45, 7) is 0. The second-order valence-corrected chi connectivity index (χ2v) is 5.52. The minimum Gasteiger partial charge on any atom is -0.441 e. The predicted molar refractivity (Wildman–Crippen MR) is 58.9 cm³/mol. The molecule has 0 aliphatic heterocycles. The van der Waals surface area contributed by atoms with Crippen LogP contribution in [0.4, 0.5) is 22.0 Å². The Labute approximate surface area is 115 Å². The Bertz CT molecular complexity index is 575. The first kappa shape index (κ1) is 17.6. The molecule has 1 aliphatic rings. The maximum atomic E-state index is 13.1. The third-order valence-electron chi connectivity index (χ3n) is 2.45. The number of alkyl halides is 5. The van der Waals surface area contributed by atoms with E-state index in [1.54, 1.807) is 6.08 Å². The molecule has 0 saturated carbocycles. The highest BCUT2D eigenvalue weighted by atomic mass is 32.2. The molecule has 0 aromatic heterocycles. The summed E-state index contributed by atoms with van der Waals surface area (Å²) in [5.41, 5.74) is -0.321. The largest absolute Gasteiger partial charge is 0.441 e. The van der Waals surface area contributed by atoms with Gasteiger partial charge in [0.05, 0.1) is 0 Å². The van der Waals surface area contributed by atoms with Gasteiger partial charge in [-0.2, -0.15) is 30.4 Å². The van der Waals surface area contributed by atoms with E-state index in [4.69, 9.17) is 4.55 Å². The minimum atomic E-state index is -6.43. The van der Waals surface area contributed by atoms with Gasteiger partial charge in [0.25, 0.3) is 6.10 Å². The zero-order valence-corrected chi connectivity index (χ0v) is 10.9. The van der Waals surface area contributed by atoms with Gasteiger partial charge >= 0.3 is 27.5 Å². The lowest BCUT2D eigenvalue weighted by atomic mass is 10.1. The van der Waals surface area contributed by atoms with Gasteiger partial charge in [-0.25, -0.2) is 4.79 Å². The fourth-order valence-corrected chi connectivity index (χ4v) is 1.87. The summed E-state index contributed by atoms with van der Waals surface area (Å²) in [5, 5.41) is -5.72. The zero-order valence-electron chi connectivity index (χ0n) is 10.1. The van der Waals surface area contributed by atoms with E-state index in [9.17, 15) is 35.2 Å². The number of carbonyl (C=O) groups is 1. The number of carbonyl (C=O) groups excluding carboxylic acids is 1. The van der Waals surface area contributed by atoms with Crippen LogP contribution in [0.1, 0.15) is 12.8 Å². The molecule has 5 nitrogen and oxygen atoms in total. The lowest BCUT2D eigenvalue weighted by molar-refractivity contribution is -0.257. The monoisotopic (exact) mass is 336 g/mol. The first-order valence-electron chi connectivity index (χ1n) is 5.35. The van der Waals surface area contributed by atoms with E-state index in [2.05, 4.69) is 4.74 Å². The Morgan fingerprint density at radius 1 is 1.29 bits per heavy atom. The number of allylic oxidation sites excluding steroid dienone is 3. The van der Waals surface area contributed by atoms with Crippen molar-refractivity contribution in [3.63, 3.8) is 0 Å². The van der Waals surface area contributed by atoms with Crippen molar-refractivity contribution >= 4 is 16.1 Å². The predicted octanol–water partition coefficient (Wildman–Crippen LogP) is 2.22. The molecule has 0 fully saturated rings. The fraction of sp³-hybridized carbons (Fsp3) is 0.500. The number of esters is 1. The van der Waals surface area contributed by atoms with Crippen molar-refractivity contribution in [2.24, 2.45) is 0 Å². The van der Waals surface area contributed by atoms with Crippen molar-refractivity contribution in [2.75, 3.05) is 0 Å². The molecule has 0 heterocycles. The van der Waals surface area contributed by atoms with Gasteiger partial charge in [0.15, 0.2) is 0 Å². The summed E-state index contributed by atoms with van der Waals surface area (Å²) < 4.78 is 96.4. The quantitative estimate of drug-likeness (QED) is 0.484. The minimum absolute atomic E-state index is 0.0443. The zero-order chi connectivity index (χ0) is 16.5. The molecule has 120 valence electrons. The Morgan fingerprint density at radius 2 is 1.86 bits per heavy atom. The molecule has 1 N–H and O–H groups in total. The Balaban J connectivity index is 3.09. The highest BCUT2D eigenvalue weighted by molar-refractivity contribution is 7.86. The number of hydrogen-bond donors (Lipinski definition) is 1. The smallest absolute Gasteiger partial charge is 0.432 e. The number of halogens is 5. The SMILES string of the molecule is O=C(OC(C(F)(F)F)C(F)(F)S(=O)(=O)O)C1=CC=CCC1. The van der Waals surface area contributed by atoms with Gasteiger partial charge in [-0.05, 0) is 12.8 Å². The van der Waals surface area contributed by atoms with Gasteiger partial charge < -0.3 is 4.74 Å². The van der Waals surface area contributed by atoms with E-state index in [1.165, 1.54) is 6.08 Å². The van der Waals surface area contributed by atoms with E-state index < -0.39 is 33.6 Å². The lowest BCUT2D eigenvalue weighted by Gasteiger charge is -2.26. The summed E-state index contributed by atoms with van der Waals surface area (Å²) in [4.78, 5) is 11.4. The van der Waals surface area contributed by atoms with Gasteiger partial charge in [0.2, 0.25) is 0 Å². The van der Waals surface area contributed by atoms with Crippen LogP contribution in [-0.2, 0) is 19.6 Å². The molecule has 0 aromatic carbocycles. The molecule has 0 spiro atoms. The average Bonchev–Trinajstić information content (AvgIpc) is 2.33. The summed E-state index contributed by atoms with van der Waals surface area (Å²) in [6.07, 6.45) is -6.01. The highest BCUT2D eigenvalue weighted by Crippen LogP contribution is 2.38. The van der Waals surface area contributed by atoms with E-state index >= 15 is 0 Å². The second kappa shape index (κ2) is 5.72. The van der Waals surface area contributed by atoms with Crippen LogP contribution >= 0.6 is 0 Å². The van der Waals surface area contributed by atoms with Crippen molar-refractivity contribution in [2.45, 2.75) is 30.4 Å². The van der Waals surface area contributed by atoms with Crippen LogP contribution in [0, 0.1) is 0 Å². The summed E-state index contributed by atoms with van der Waals surface area (Å²) in [6, 6.07) is 0. The molecule has 1 aliphatic carbocycles. The third kappa shape index (κ3) is 4.00. The normalized spacial score (nSPS) is 18.1. The van der Waals surface area contributed by atoms with Crippen LogP contribution in [0.25, 0.3) is 0 Å². The van der Waals surface area contributed by atoms with Gasteiger partial charge in [0, 0.05) is 5.57 Å². The van der Waals surface area contributed by atoms with E-state index in [0.717, 1.165) is 6.08 Å². The summed E-state index contributed by atoms with van der Waals surface area (Å²) >= 11 is 0. The third-order valence-corrected chi connectivity index (χ3v) is 3.35. The number of rotatable bonds is 4. The van der Waals surface area contributed by atoms with Crippen LogP contribution in [0.2, 0.25) is 0 Å². The van der Waals surface area contributed by atoms with E-state index in [0.29, 0.717) is 0 Å². The molecule has 0 radical (unpaired) electrons. The standard InChI is InChI=1S/C10H9F5O5S/c11-9(12,13)8(10(14,15)21(17,18)19)20-7(16)6-4-2-1-3-5-6/h1-2,4,8H,3,5H2,(H,17,18,19).